The minimum atomic E-state index is -0.616. The Hall–Kier alpha value is -1.87. The Labute approximate surface area is 182 Å². The van der Waals surface area contributed by atoms with Crippen molar-refractivity contribution in [3.63, 3.8) is 0 Å². The van der Waals surface area contributed by atoms with Crippen LogP contribution in [-0.2, 0) is 0 Å². The van der Waals surface area contributed by atoms with Crippen molar-refractivity contribution in [2.45, 2.75) is 32.7 Å². The second-order valence-corrected chi connectivity index (χ2v) is 9.18. The summed E-state index contributed by atoms with van der Waals surface area (Å²) in [6.07, 6.45) is 3.65. The van der Waals surface area contributed by atoms with E-state index in [0.29, 0.717) is 31.9 Å². The van der Waals surface area contributed by atoms with Crippen LogP contribution in [0.2, 0.25) is 0 Å². The number of thiophene rings is 1. The van der Waals surface area contributed by atoms with E-state index in [-0.39, 0.29) is 41.0 Å². The van der Waals surface area contributed by atoms with Gasteiger partial charge >= 0.3 is 0 Å². The zero-order valence-electron chi connectivity index (χ0n) is 16.2. The number of nitrogens with zero attached hydrogens (tertiary/aromatic N) is 2. The molecule has 29 heavy (non-hydrogen) atoms. The monoisotopic (exact) mass is 455 g/mol. The third kappa shape index (κ3) is 4.07. The number of carbonyl (C=O) groups excluding carboxylic acids is 1. The van der Waals surface area contributed by atoms with Gasteiger partial charge < -0.3 is 21.9 Å². The van der Waals surface area contributed by atoms with Crippen molar-refractivity contribution in [2.75, 3.05) is 17.7 Å². The van der Waals surface area contributed by atoms with Crippen molar-refractivity contribution >= 4 is 62.3 Å². The lowest BCUT2D eigenvalue weighted by molar-refractivity contribution is 0.100. The van der Waals surface area contributed by atoms with Crippen molar-refractivity contribution in [3.05, 3.63) is 32.8 Å². The number of halogens is 2. The number of hydrogen-bond acceptors (Lipinski definition) is 7. The summed E-state index contributed by atoms with van der Waals surface area (Å²) in [5.74, 6) is -0.484. The molecule has 2 unspecified atom stereocenters. The topological polar surface area (TPSA) is 127 Å². The van der Waals surface area contributed by atoms with Gasteiger partial charge in [-0.25, -0.2) is 9.97 Å². The van der Waals surface area contributed by atoms with Gasteiger partial charge in [0.15, 0.2) is 0 Å². The second kappa shape index (κ2) is 8.47. The van der Waals surface area contributed by atoms with Gasteiger partial charge in [0, 0.05) is 16.9 Å². The summed E-state index contributed by atoms with van der Waals surface area (Å²) in [6, 6.07) is -0.231. The number of nitrogens with two attached hydrogens (primary N) is 2. The van der Waals surface area contributed by atoms with E-state index >= 15 is 0 Å². The number of rotatable bonds is 6. The van der Waals surface area contributed by atoms with Crippen molar-refractivity contribution < 1.29 is 9.90 Å². The molecule has 6 N–H and O–H groups in total. The largest absolute Gasteiger partial charge is 0.397 e. The summed E-state index contributed by atoms with van der Waals surface area (Å²) in [5.41, 5.74) is 12.6. The summed E-state index contributed by atoms with van der Waals surface area (Å²) in [4.78, 5) is 21.8. The molecule has 2 aromatic rings. The Kier molecular flexibility index (Phi) is 6.38. The molecule has 0 spiro atoms. The maximum atomic E-state index is 11.8. The molecule has 1 aliphatic carbocycles. The number of aliphatic hydroxyl groups excluding tert-OH is 1. The van der Waals surface area contributed by atoms with E-state index in [0.717, 1.165) is 11.3 Å². The Morgan fingerprint density at radius 3 is 2.66 bits per heavy atom. The number of hydrogen-bond donors (Lipinski definition) is 4. The van der Waals surface area contributed by atoms with Gasteiger partial charge in [0.25, 0.3) is 5.91 Å². The Morgan fingerprint density at radius 2 is 2.07 bits per heavy atom. The van der Waals surface area contributed by atoms with Gasteiger partial charge in [-0.3, -0.25) is 4.79 Å². The fraction of sp³-hybridized carbons (Fsp3) is 0.421. The van der Waals surface area contributed by atoms with Crippen LogP contribution < -0.4 is 16.8 Å². The van der Waals surface area contributed by atoms with Crippen molar-refractivity contribution in [3.8, 4) is 0 Å². The third-order valence-corrected chi connectivity index (χ3v) is 7.18. The van der Waals surface area contributed by atoms with E-state index in [4.69, 9.17) is 39.7 Å². The average Bonchev–Trinajstić information content (AvgIpc) is 3.00. The highest BCUT2D eigenvalue weighted by Crippen LogP contribution is 2.44. The number of primary amides is 1. The fourth-order valence-electron chi connectivity index (χ4n) is 3.26. The van der Waals surface area contributed by atoms with Gasteiger partial charge in [0.2, 0.25) is 5.95 Å². The maximum absolute atomic E-state index is 11.8. The van der Waals surface area contributed by atoms with Crippen LogP contribution in [0.3, 0.4) is 0 Å². The van der Waals surface area contributed by atoms with Gasteiger partial charge in [-0.1, -0.05) is 50.0 Å². The van der Waals surface area contributed by atoms with Crippen molar-refractivity contribution in [1.29, 1.82) is 0 Å². The number of amides is 1. The van der Waals surface area contributed by atoms with E-state index in [1.54, 1.807) is 6.08 Å². The van der Waals surface area contributed by atoms with Crippen LogP contribution >= 0.6 is 34.5 Å². The van der Waals surface area contributed by atoms with E-state index in [1.165, 1.54) is 0 Å². The maximum Gasteiger partial charge on any atom is 0.260 e. The molecule has 0 radical (unpaired) electrons. The fourth-order valence-corrected chi connectivity index (χ4v) is 4.66. The molecular formula is C19H23Cl2N5O2S. The zero-order chi connectivity index (χ0) is 21.5. The van der Waals surface area contributed by atoms with Gasteiger partial charge in [0.05, 0.1) is 34.4 Å². The van der Waals surface area contributed by atoms with E-state index in [9.17, 15) is 9.90 Å². The van der Waals surface area contributed by atoms with E-state index in [1.807, 2.05) is 26.8 Å². The van der Waals surface area contributed by atoms with Gasteiger partial charge in [0.1, 0.15) is 9.71 Å². The molecule has 0 bridgehead atoms. The first-order valence-electron chi connectivity index (χ1n) is 9.16. The molecule has 0 saturated carbocycles. The molecule has 0 fully saturated rings. The number of aliphatic hydroxyl groups is 1. The molecule has 0 aliphatic heterocycles. The highest BCUT2D eigenvalue weighted by atomic mass is 35.5. The molecule has 2 heterocycles. The molecule has 3 atom stereocenters. The summed E-state index contributed by atoms with van der Waals surface area (Å²) < 4.78 is 0. The summed E-state index contributed by atoms with van der Waals surface area (Å²) in [7, 11) is 0. The molecule has 10 heteroatoms. The van der Waals surface area contributed by atoms with E-state index < -0.39 is 5.91 Å². The Balaban J connectivity index is 2.20. The summed E-state index contributed by atoms with van der Waals surface area (Å²) in [5, 5.41) is 14.4. The first-order chi connectivity index (χ1) is 13.6. The van der Waals surface area contributed by atoms with Crippen LogP contribution in [-0.4, -0.2) is 33.6 Å². The van der Waals surface area contributed by atoms with Gasteiger partial charge in [-0.2, -0.15) is 0 Å². The summed E-state index contributed by atoms with van der Waals surface area (Å²) in [6.45, 7) is 5.85. The van der Waals surface area contributed by atoms with E-state index in [2.05, 4.69) is 10.3 Å². The predicted octanol–water partition coefficient (Wildman–Crippen LogP) is 3.78. The van der Waals surface area contributed by atoms with Crippen LogP contribution in [0, 0.1) is 11.8 Å². The normalized spacial score (nSPS) is 20.5. The van der Waals surface area contributed by atoms with Crippen molar-refractivity contribution in [2.24, 2.45) is 17.6 Å². The number of anilines is 2. The highest BCUT2D eigenvalue weighted by Gasteiger charge is 2.31. The molecule has 1 amide bonds. The quantitative estimate of drug-likeness (QED) is 0.524. The zero-order valence-corrected chi connectivity index (χ0v) is 18.6. The second-order valence-electron chi connectivity index (χ2n) is 7.37. The molecule has 2 aromatic heterocycles. The lowest BCUT2D eigenvalue weighted by Gasteiger charge is -2.26. The smallest absolute Gasteiger partial charge is 0.260 e. The summed E-state index contributed by atoms with van der Waals surface area (Å²) >= 11 is 13.7. The molecule has 1 aliphatic rings. The molecule has 7 nitrogen and oxygen atoms in total. The van der Waals surface area contributed by atoms with Crippen LogP contribution in [0.4, 0.5) is 11.6 Å². The van der Waals surface area contributed by atoms with Gasteiger partial charge in [-0.05, 0) is 12.0 Å². The highest BCUT2D eigenvalue weighted by molar-refractivity contribution is 7.21. The minimum absolute atomic E-state index is 0.0720. The van der Waals surface area contributed by atoms with Crippen molar-refractivity contribution in [1.82, 2.24) is 9.97 Å². The molecule has 0 saturated heterocycles. The van der Waals surface area contributed by atoms with Crippen LogP contribution in [0.15, 0.2) is 22.2 Å². The first-order valence-corrected chi connectivity index (χ1v) is 10.7. The number of nitrogen functional groups attached to an aromatic ring is 1. The van der Waals surface area contributed by atoms with Crippen LogP contribution in [0.5, 0.6) is 0 Å². The third-order valence-electron chi connectivity index (χ3n) is 5.09. The van der Waals surface area contributed by atoms with Gasteiger partial charge in [-0.15, -0.1) is 11.3 Å². The SMILES string of the molecule is CC1C(Cl)=C(Cl)C=CC1c1nc(N[C@@H](CO)C(C)C)nc2sc(C(N)=O)c(N)c12. The number of fused-ring (bicyclic) bond motifs is 1. The average molecular weight is 456 g/mol. The molecule has 3 rings (SSSR count). The number of allylic oxidation sites excluding steroid dienone is 4. The van der Waals surface area contributed by atoms with Crippen LogP contribution in [0.25, 0.3) is 10.2 Å². The number of carbonyl (C=O) groups is 1. The number of nitrogens with one attached hydrogen (secondary N) is 1. The molecule has 0 aromatic carbocycles. The number of aromatic nitrogens is 2. The lowest BCUT2D eigenvalue weighted by atomic mass is 9.85. The Morgan fingerprint density at radius 1 is 1.38 bits per heavy atom. The minimum Gasteiger partial charge on any atom is -0.397 e. The first kappa shape index (κ1) is 21.8. The molecule has 156 valence electrons. The standard InChI is InChI=1S/C19H23Cl2N5O2S/c1-7(2)11(6-27)24-19-25-15(9-4-5-10(20)13(21)8(9)3)12-14(22)16(17(23)28)29-18(12)26-19/h4-5,7-9,11,27H,6,22H2,1-3H3,(H2,23,28)(H,24,25,26)/t8?,9?,11-/m0/s1. The van der Waals surface area contributed by atoms with Crippen LogP contribution in [0.1, 0.15) is 42.1 Å². The Bertz CT molecular complexity index is 1020. The lowest BCUT2D eigenvalue weighted by Crippen LogP contribution is -2.30. The molecular weight excluding hydrogens is 433 g/mol. The predicted molar refractivity (Wildman–Crippen MR) is 119 cm³/mol.